The van der Waals surface area contributed by atoms with Gasteiger partial charge in [0.15, 0.2) is 0 Å². The van der Waals surface area contributed by atoms with E-state index in [1.807, 2.05) is 30.3 Å². The van der Waals surface area contributed by atoms with E-state index < -0.39 is 12.0 Å². The van der Waals surface area contributed by atoms with Crippen molar-refractivity contribution in [3.63, 3.8) is 0 Å². The summed E-state index contributed by atoms with van der Waals surface area (Å²) in [7, 11) is 1.76. The fraction of sp³-hybridized carbons (Fsp3) is 0.231. The van der Waals surface area contributed by atoms with Crippen molar-refractivity contribution >= 4 is 5.97 Å². The lowest BCUT2D eigenvalue weighted by Crippen LogP contribution is -2.27. The van der Waals surface area contributed by atoms with Crippen LogP contribution in [0, 0.1) is 0 Å². The van der Waals surface area contributed by atoms with Crippen LogP contribution in [0.25, 0.3) is 0 Å². The minimum atomic E-state index is -0.904. The molecule has 0 aliphatic carbocycles. The number of carboxylic acids is 1. The monoisotopic (exact) mass is 245 g/mol. The SMILES string of the molecule is Cn1cc([C@H](NCc2ccccc2)C(=O)O)cn1. The number of carboxylic acid groups (broad SMARTS) is 1. The van der Waals surface area contributed by atoms with E-state index in [0.29, 0.717) is 12.1 Å². The number of benzene rings is 1. The molecule has 18 heavy (non-hydrogen) atoms. The summed E-state index contributed by atoms with van der Waals surface area (Å²) in [4.78, 5) is 11.2. The van der Waals surface area contributed by atoms with E-state index >= 15 is 0 Å². The highest BCUT2D eigenvalue weighted by Crippen LogP contribution is 2.13. The van der Waals surface area contributed by atoms with E-state index in [-0.39, 0.29) is 0 Å². The molecule has 1 aromatic carbocycles. The number of nitrogens with one attached hydrogen (secondary N) is 1. The largest absolute Gasteiger partial charge is 0.480 e. The zero-order chi connectivity index (χ0) is 13.0. The maximum Gasteiger partial charge on any atom is 0.325 e. The number of carbonyl (C=O) groups is 1. The zero-order valence-electron chi connectivity index (χ0n) is 10.1. The number of nitrogens with zero attached hydrogens (tertiary/aromatic N) is 2. The first-order valence-electron chi connectivity index (χ1n) is 5.65. The maximum atomic E-state index is 11.2. The van der Waals surface area contributed by atoms with Crippen molar-refractivity contribution < 1.29 is 9.90 Å². The number of hydrogen-bond donors (Lipinski definition) is 2. The molecule has 0 radical (unpaired) electrons. The van der Waals surface area contributed by atoms with Crippen LogP contribution in [0.3, 0.4) is 0 Å². The Hall–Kier alpha value is -2.14. The Morgan fingerprint density at radius 1 is 1.44 bits per heavy atom. The van der Waals surface area contributed by atoms with Crippen molar-refractivity contribution in [2.24, 2.45) is 7.05 Å². The Morgan fingerprint density at radius 2 is 2.17 bits per heavy atom. The van der Waals surface area contributed by atoms with Crippen molar-refractivity contribution in [1.82, 2.24) is 15.1 Å². The molecule has 5 heteroatoms. The van der Waals surface area contributed by atoms with Gasteiger partial charge in [0, 0.05) is 25.4 Å². The van der Waals surface area contributed by atoms with Crippen LogP contribution >= 0.6 is 0 Å². The van der Waals surface area contributed by atoms with Gasteiger partial charge in [-0.3, -0.25) is 14.8 Å². The van der Waals surface area contributed by atoms with E-state index in [0.717, 1.165) is 5.56 Å². The average molecular weight is 245 g/mol. The molecule has 0 spiro atoms. The first-order chi connectivity index (χ1) is 8.66. The predicted molar refractivity (Wildman–Crippen MR) is 66.9 cm³/mol. The molecule has 0 amide bonds. The quantitative estimate of drug-likeness (QED) is 0.834. The van der Waals surface area contributed by atoms with Crippen molar-refractivity contribution in [3.05, 3.63) is 53.9 Å². The average Bonchev–Trinajstić information content (AvgIpc) is 2.77. The summed E-state index contributed by atoms with van der Waals surface area (Å²) in [5.41, 5.74) is 1.70. The highest BCUT2D eigenvalue weighted by atomic mass is 16.4. The minimum absolute atomic E-state index is 0.507. The minimum Gasteiger partial charge on any atom is -0.480 e. The Labute approximate surface area is 105 Å². The van der Waals surface area contributed by atoms with E-state index in [1.54, 1.807) is 24.1 Å². The second-order valence-corrected chi connectivity index (χ2v) is 4.09. The lowest BCUT2D eigenvalue weighted by molar-refractivity contribution is -0.139. The van der Waals surface area contributed by atoms with Gasteiger partial charge in [-0.1, -0.05) is 30.3 Å². The molecular formula is C13H15N3O2. The molecule has 2 aromatic rings. The highest BCUT2D eigenvalue weighted by molar-refractivity contribution is 5.75. The van der Waals surface area contributed by atoms with Gasteiger partial charge in [-0.05, 0) is 5.56 Å². The molecule has 0 fully saturated rings. The fourth-order valence-electron chi connectivity index (χ4n) is 1.75. The Kier molecular flexibility index (Phi) is 3.74. The van der Waals surface area contributed by atoms with Crippen LogP contribution in [0.1, 0.15) is 17.2 Å². The lowest BCUT2D eigenvalue weighted by atomic mass is 10.1. The van der Waals surface area contributed by atoms with E-state index in [1.165, 1.54) is 0 Å². The molecule has 0 bridgehead atoms. The van der Waals surface area contributed by atoms with Crippen LogP contribution in [-0.2, 0) is 18.4 Å². The van der Waals surface area contributed by atoms with Gasteiger partial charge in [0.2, 0.25) is 0 Å². The van der Waals surface area contributed by atoms with Gasteiger partial charge in [0.05, 0.1) is 6.20 Å². The van der Waals surface area contributed by atoms with Gasteiger partial charge >= 0.3 is 5.97 Å². The van der Waals surface area contributed by atoms with Gasteiger partial charge in [0.25, 0.3) is 0 Å². The molecule has 94 valence electrons. The lowest BCUT2D eigenvalue weighted by Gasteiger charge is -2.12. The van der Waals surface area contributed by atoms with Gasteiger partial charge in [-0.25, -0.2) is 0 Å². The summed E-state index contributed by atoms with van der Waals surface area (Å²) in [5, 5.41) is 16.2. The van der Waals surface area contributed by atoms with Crippen molar-refractivity contribution in [3.8, 4) is 0 Å². The van der Waals surface area contributed by atoms with Crippen LogP contribution < -0.4 is 5.32 Å². The molecule has 2 N–H and O–H groups in total. The first kappa shape index (κ1) is 12.3. The Bertz CT molecular complexity index is 522. The molecule has 0 saturated heterocycles. The predicted octanol–water partition coefficient (Wildman–Crippen LogP) is 1.34. The number of rotatable bonds is 5. The normalized spacial score (nSPS) is 12.3. The third-order valence-electron chi connectivity index (χ3n) is 2.66. The van der Waals surface area contributed by atoms with Crippen LogP contribution in [-0.4, -0.2) is 20.9 Å². The molecular weight excluding hydrogens is 230 g/mol. The van der Waals surface area contributed by atoms with Crippen LogP contribution in [0.2, 0.25) is 0 Å². The second kappa shape index (κ2) is 5.46. The molecule has 1 heterocycles. The topological polar surface area (TPSA) is 67.2 Å². The molecule has 0 aliphatic heterocycles. The summed E-state index contributed by atoms with van der Waals surface area (Å²) in [6.45, 7) is 0.507. The van der Waals surface area contributed by atoms with Crippen LogP contribution in [0.5, 0.6) is 0 Å². The van der Waals surface area contributed by atoms with Crippen LogP contribution in [0.15, 0.2) is 42.7 Å². The first-order valence-corrected chi connectivity index (χ1v) is 5.65. The molecule has 5 nitrogen and oxygen atoms in total. The summed E-state index contributed by atoms with van der Waals surface area (Å²) >= 11 is 0. The fourth-order valence-corrected chi connectivity index (χ4v) is 1.75. The summed E-state index contributed by atoms with van der Waals surface area (Å²) in [6, 6.07) is 8.95. The second-order valence-electron chi connectivity index (χ2n) is 4.09. The molecule has 1 atom stereocenters. The number of aliphatic carboxylic acids is 1. The third-order valence-corrected chi connectivity index (χ3v) is 2.66. The van der Waals surface area contributed by atoms with E-state index in [4.69, 9.17) is 0 Å². The number of aryl methyl sites for hydroxylation is 1. The molecule has 1 aromatic heterocycles. The highest BCUT2D eigenvalue weighted by Gasteiger charge is 2.20. The van der Waals surface area contributed by atoms with Crippen molar-refractivity contribution in [2.45, 2.75) is 12.6 Å². The van der Waals surface area contributed by atoms with E-state index in [9.17, 15) is 9.90 Å². The Morgan fingerprint density at radius 3 is 2.72 bits per heavy atom. The van der Waals surface area contributed by atoms with Gasteiger partial charge in [-0.2, -0.15) is 5.10 Å². The molecule has 0 unspecified atom stereocenters. The molecule has 0 saturated carbocycles. The summed E-state index contributed by atoms with van der Waals surface area (Å²) in [6.07, 6.45) is 3.27. The summed E-state index contributed by atoms with van der Waals surface area (Å²) < 4.78 is 1.59. The van der Waals surface area contributed by atoms with Gasteiger partial charge < -0.3 is 5.11 Å². The van der Waals surface area contributed by atoms with Crippen molar-refractivity contribution in [1.29, 1.82) is 0 Å². The third kappa shape index (κ3) is 2.95. The van der Waals surface area contributed by atoms with Gasteiger partial charge in [0.1, 0.15) is 6.04 Å². The number of hydrogen-bond acceptors (Lipinski definition) is 3. The smallest absolute Gasteiger partial charge is 0.325 e. The van der Waals surface area contributed by atoms with Crippen LogP contribution in [0.4, 0.5) is 0 Å². The van der Waals surface area contributed by atoms with Gasteiger partial charge in [-0.15, -0.1) is 0 Å². The standard InChI is InChI=1S/C13H15N3O2/c1-16-9-11(8-15-16)12(13(17)18)14-7-10-5-3-2-4-6-10/h2-6,8-9,12,14H,7H2,1H3,(H,17,18)/t12-/m0/s1. The van der Waals surface area contributed by atoms with Crippen molar-refractivity contribution in [2.75, 3.05) is 0 Å². The van der Waals surface area contributed by atoms with E-state index in [2.05, 4.69) is 10.4 Å². The summed E-state index contributed by atoms with van der Waals surface area (Å²) in [5.74, 6) is -0.904. The molecule has 2 rings (SSSR count). The number of aromatic nitrogens is 2. The maximum absolute atomic E-state index is 11.2. The zero-order valence-corrected chi connectivity index (χ0v) is 10.1. The molecule has 0 aliphatic rings. The Balaban J connectivity index is 2.06.